The van der Waals surface area contributed by atoms with Crippen LogP contribution in [-0.2, 0) is 0 Å². The van der Waals surface area contributed by atoms with Crippen molar-refractivity contribution in [2.24, 2.45) is 0 Å². The average Bonchev–Trinajstić information content (AvgIpc) is 2.85. The number of hydrogen-bond donors (Lipinski definition) is 0. The van der Waals surface area contributed by atoms with E-state index in [0.29, 0.717) is 6.04 Å². The maximum atomic E-state index is 6.12. The first kappa shape index (κ1) is 14.0. The second-order valence-corrected chi connectivity index (χ2v) is 5.86. The molecule has 0 saturated carbocycles. The molecule has 0 radical (unpaired) electrons. The topological polar surface area (TPSA) is 14.2 Å². The van der Waals surface area contributed by atoms with Crippen LogP contribution < -0.4 is 4.74 Å². The lowest BCUT2D eigenvalue weighted by molar-refractivity contribution is 0.415. The van der Waals surface area contributed by atoms with Gasteiger partial charge >= 0.3 is 0 Å². The van der Waals surface area contributed by atoms with Crippen LogP contribution in [0.4, 0.5) is 0 Å². The lowest BCUT2D eigenvalue weighted by atomic mass is 10.1. The minimum Gasteiger partial charge on any atom is -0.497 e. The van der Waals surface area contributed by atoms with E-state index in [4.69, 9.17) is 16.3 Å². The molecule has 0 aliphatic carbocycles. The molecule has 3 aromatic rings. The molecule has 0 fully saturated rings. The molecule has 21 heavy (non-hydrogen) atoms. The fourth-order valence-corrected chi connectivity index (χ4v) is 2.93. The van der Waals surface area contributed by atoms with Gasteiger partial charge in [0.25, 0.3) is 0 Å². The number of ether oxygens (including phenoxy) is 1. The molecule has 0 unspecified atom stereocenters. The number of fused-ring (bicyclic) bond motifs is 1. The van der Waals surface area contributed by atoms with Gasteiger partial charge in [0.05, 0.1) is 7.11 Å². The van der Waals surface area contributed by atoms with E-state index < -0.39 is 0 Å². The molecule has 0 aliphatic heterocycles. The van der Waals surface area contributed by atoms with E-state index >= 15 is 0 Å². The molecule has 2 aromatic carbocycles. The predicted molar refractivity (Wildman–Crippen MR) is 89.3 cm³/mol. The summed E-state index contributed by atoms with van der Waals surface area (Å²) in [5.74, 6) is 0.869. The normalized spacial score (nSPS) is 11.3. The maximum absolute atomic E-state index is 6.12. The first-order valence-electron chi connectivity index (χ1n) is 7.05. The number of methoxy groups -OCH3 is 1. The van der Waals surface area contributed by atoms with Crippen molar-refractivity contribution in [3.05, 3.63) is 53.6 Å². The Morgan fingerprint density at radius 3 is 2.33 bits per heavy atom. The van der Waals surface area contributed by atoms with Crippen LogP contribution in [0.2, 0.25) is 5.02 Å². The summed E-state index contributed by atoms with van der Waals surface area (Å²) in [6, 6.07) is 16.8. The number of aromatic nitrogens is 1. The van der Waals surface area contributed by atoms with Gasteiger partial charge in [0, 0.05) is 27.7 Å². The summed E-state index contributed by atoms with van der Waals surface area (Å²) in [7, 11) is 1.68. The largest absolute Gasteiger partial charge is 0.497 e. The van der Waals surface area contributed by atoms with E-state index in [1.807, 2.05) is 24.3 Å². The van der Waals surface area contributed by atoms with Crippen molar-refractivity contribution in [1.82, 2.24) is 4.57 Å². The highest BCUT2D eigenvalue weighted by atomic mass is 35.5. The molecule has 0 aliphatic rings. The average molecular weight is 300 g/mol. The van der Waals surface area contributed by atoms with Crippen molar-refractivity contribution in [2.75, 3.05) is 7.11 Å². The Morgan fingerprint density at radius 2 is 1.71 bits per heavy atom. The van der Waals surface area contributed by atoms with E-state index in [1.54, 1.807) is 7.11 Å². The lowest BCUT2D eigenvalue weighted by Crippen LogP contribution is -2.02. The molecule has 108 valence electrons. The van der Waals surface area contributed by atoms with Crippen LogP contribution >= 0.6 is 11.6 Å². The van der Waals surface area contributed by atoms with Crippen molar-refractivity contribution in [3.8, 4) is 17.0 Å². The monoisotopic (exact) mass is 299 g/mol. The summed E-state index contributed by atoms with van der Waals surface area (Å²) in [5.41, 5.74) is 3.59. The van der Waals surface area contributed by atoms with Gasteiger partial charge in [-0.3, -0.25) is 0 Å². The van der Waals surface area contributed by atoms with Gasteiger partial charge in [-0.15, -0.1) is 0 Å². The van der Waals surface area contributed by atoms with E-state index in [2.05, 4.69) is 42.7 Å². The number of rotatable bonds is 3. The van der Waals surface area contributed by atoms with Gasteiger partial charge in [-0.05, 0) is 67.9 Å². The maximum Gasteiger partial charge on any atom is 0.118 e. The number of halogens is 1. The summed E-state index contributed by atoms with van der Waals surface area (Å²) >= 11 is 6.12. The Bertz CT molecular complexity index is 772. The van der Waals surface area contributed by atoms with Crippen LogP contribution in [0, 0.1) is 0 Å². The minimum absolute atomic E-state index is 0.376. The first-order chi connectivity index (χ1) is 10.1. The standard InChI is InChI=1S/C18H18ClNO/c1-12(2)20-17-9-6-15(19)10-14(17)11-18(20)13-4-7-16(21-3)8-5-13/h4-12H,1-3H3. The van der Waals surface area contributed by atoms with Gasteiger partial charge in [0.15, 0.2) is 0 Å². The molecular weight excluding hydrogens is 282 g/mol. The highest BCUT2D eigenvalue weighted by Crippen LogP contribution is 2.33. The molecule has 3 rings (SSSR count). The van der Waals surface area contributed by atoms with Crippen molar-refractivity contribution in [2.45, 2.75) is 19.9 Å². The molecule has 0 N–H and O–H groups in total. The van der Waals surface area contributed by atoms with Crippen molar-refractivity contribution < 1.29 is 4.74 Å². The molecule has 0 atom stereocenters. The molecule has 0 spiro atoms. The molecular formula is C18H18ClNO. The highest BCUT2D eigenvalue weighted by molar-refractivity contribution is 6.31. The van der Waals surface area contributed by atoms with E-state index in [1.165, 1.54) is 22.2 Å². The van der Waals surface area contributed by atoms with Crippen LogP contribution in [0.25, 0.3) is 22.2 Å². The van der Waals surface area contributed by atoms with Crippen LogP contribution in [0.15, 0.2) is 48.5 Å². The number of hydrogen-bond acceptors (Lipinski definition) is 1. The summed E-state index contributed by atoms with van der Waals surface area (Å²) in [4.78, 5) is 0. The van der Waals surface area contributed by atoms with Crippen molar-refractivity contribution >= 4 is 22.5 Å². The SMILES string of the molecule is COc1ccc(-c2cc3cc(Cl)ccc3n2C(C)C)cc1. The fraction of sp³-hybridized carbons (Fsp3) is 0.222. The van der Waals surface area contributed by atoms with Crippen LogP contribution in [0.3, 0.4) is 0 Å². The summed E-state index contributed by atoms with van der Waals surface area (Å²) in [6.07, 6.45) is 0. The molecule has 0 amide bonds. The van der Waals surface area contributed by atoms with Gasteiger partial charge < -0.3 is 9.30 Å². The van der Waals surface area contributed by atoms with Gasteiger partial charge in [0.1, 0.15) is 5.75 Å². The second kappa shape index (κ2) is 5.45. The third-order valence-corrected chi connectivity index (χ3v) is 3.94. The molecule has 2 nitrogen and oxygen atoms in total. The lowest BCUT2D eigenvalue weighted by Gasteiger charge is -2.15. The Labute approximate surface area is 129 Å². The Hall–Kier alpha value is -1.93. The molecule has 3 heteroatoms. The van der Waals surface area contributed by atoms with Gasteiger partial charge in [-0.1, -0.05) is 11.6 Å². The van der Waals surface area contributed by atoms with Gasteiger partial charge in [-0.25, -0.2) is 0 Å². The Balaban J connectivity index is 2.22. The zero-order valence-electron chi connectivity index (χ0n) is 12.4. The van der Waals surface area contributed by atoms with Gasteiger partial charge in [-0.2, -0.15) is 0 Å². The Kier molecular flexibility index (Phi) is 3.64. The second-order valence-electron chi connectivity index (χ2n) is 5.42. The summed E-state index contributed by atoms with van der Waals surface area (Å²) in [5, 5.41) is 1.94. The zero-order chi connectivity index (χ0) is 15.0. The number of nitrogens with zero attached hydrogens (tertiary/aromatic N) is 1. The smallest absolute Gasteiger partial charge is 0.118 e. The summed E-state index contributed by atoms with van der Waals surface area (Å²) < 4.78 is 7.57. The van der Waals surface area contributed by atoms with E-state index in [0.717, 1.165) is 10.8 Å². The van der Waals surface area contributed by atoms with E-state index in [9.17, 15) is 0 Å². The predicted octanol–water partition coefficient (Wildman–Crippen LogP) is 5.55. The minimum atomic E-state index is 0.376. The third kappa shape index (κ3) is 2.52. The third-order valence-electron chi connectivity index (χ3n) is 3.70. The molecule has 0 saturated heterocycles. The van der Waals surface area contributed by atoms with Crippen molar-refractivity contribution in [1.29, 1.82) is 0 Å². The zero-order valence-corrected chi connectivity index (χ0v) is 13.2. The van der Waals surface area contributed by atoms with Crippen LogP contribution in [0.5, 0.6) is 5.75 Å². The quantitative estimate of drug-likeness (QED) is 0.618. The fourth-order valence-electron chi connectivity index (χ4n) is 2.75. The van der Waals surface area contributed by atoms with E-state index in [-0.39, 0.29) is 0 Å². The van der Waals surface area contributed by atoms with Crippen LogP contribution in [0.1, 0.15) is 19.9 Å². The Morgan fingerprint density at radius 1 is 1.00 bits per heavy atom. The first-order valence-corrected chi connectivity index (χ1v) is 7.43. The number of benzene rings is 2. The molecule has 1 heterocycles. The molecule has 0 bridgehead atoms. The van der Waals surface area contributed by atoms with Crippen molar-refractivity contribution in [3.63, 3.8) is 0 Å². The molecule has 1 aromatic heterocycles. The van der Waals surface area contributed by atoms with Crippen LogP contribution in [-0.4, -0.2) is 11.7 Å². The van der Waals surface area contributed by atoms with Gasteiger partial charge in [0.2, 0.25) is 0 Å². The highest BCUT2D eigenvalue weighted by Gasteiger charge is 2.13. The summed E-state index contributed by atoms with van der Waals surface area (Å²) in [6.45, 7) is 4.39.